The van der Waals surface area contributed by atoms with Gasteiger partial charge in [-0.15, -0.1) is 0 Å². The molecule has 134 valence electrons. The lowest BCUT2D eigenvalue weighted by atomic mass is 10.0. The second kappa shape index (κ2) is 6.57. The van der Waals surface area contributed by atoms with Gasteiger partial charge in [0.15, 0.2) is 0 Å². The Hall–Kier alpha value is -3.67. The summed E-state index contributed by atoms with van der Waals surface area (Å²) in [5.74, 6) is -1.32. The van der Waals surface area contributed by atoms with Crippen LogP contribution in [0.3, 0.4) is 0 Å². The van der Waals surface area contributed by atoms with Gasteiger partial charge in [0.25, 0.3) is 5.91 Å². The zero-order chi connectivity index (χ0) is 19.0. The second-order valence-electron chi connectivity index (χ2n) is 6.37. The molecular formula is C21H17N3O3. The summed E-state index contributed by atoms with van der Waals surface area (Å²) in [6.45, 7) is 0. The average Bonchev–Trinajstić information content (AvgIpc) is 2.92. The van der Waals surface area contributed by atoms with Crippen molar-refractivity contribution >= 4 is 34.5 Å². The lowest BCUT2D eigenvalue weighted by Crippen LogP contribution is -2.25. The van der Waals surface area contributed by atoms with E-state index in [1.54, 1.807) is 24.1 Å². The summed E-state index contributed by atoms with van der Waals surface area (Å²) in [5, 5.41) is 15.8. The van der Waals surface area contributed by atoms with Crippen molar-refractivity contribution < 1.29 is 14.7 Å². The zero-order valence-electron chi connectivity index (χ0n) is 14.6. The first kappa shape index (κ1) is 16.8. The number of amides is 2. The molecule has 4 rings (SSSR count). The Balaban J connectivity index is 1.55. The van der Waals surface area contributed by atoms with Gasteiger partial charge in [-0.25, -0.2) is 5.43 Å². The molecule has 1 heterocycles. The fourth-order valence-corrected chi connectivity index (χ4v) is 3.30. The molecule has 1 aliphatic rings. The normalized spacial score (nSPS) is 16.1. The monoisotopic (exact) mass is 359 g/mol. The van der Waals surface area contributed by atoms with Crippen molar-refractivity contribution in [2.24, 2.45) is 5.10 Å². The van der Waals surface area contributed by atoms with E-state index in [1.807, 2.05) is 48.5 Å². The van der Waals surface area contributed by atoms with Crippen molar-refractivity contribution in [3.8, 4) is 5.75 Å². The number of phenolic OH excluding ortho intramolecular Hbond substituents is 1. The van der Waals surface area contributed by atoms with Crippen LogP contribution in [0.15, 0.2) is 65.8 Å². The predicted octanol–water partition coefficient (Wildman–Crippen LogP) is 3.02. The fraction of sp³-hybridized carbons (Fsp3) is 0.0952. The van der Waals surface area contributed by atoms with E-state index in [0.717, 1.165) is 22.0 Å². The molecule has 6 nitrogen and oxygen atoms in total. The Kier molecular flexibility index (Phi) is 4.08. The summed E-state index contributed by atoms with van der Waals surface area (Å²) in [7, 11) is 1.71. The lowest BCUT2D eigenvalue weighted by molar-refractivity contribution is -0.117. The highest BCUT2D eigenvalue weighted by Crippen LogP contribution is 2.34. The third kappa shape index (κ3) is 2.91. The van der Waals surface area contributed by atoms with E-state index in [9.17, 15) is 14.7 Å². The molecule has 2 N–H and O–H groups in total. The number of nitrogens with one attached hydrogen (secondary N) is 1. The number of hydrogen-bond acceptors (Lipinski definition) is 4. The summed E-state index contributed by atoms with van der Waals surface area (Å²) in [6.07, 6.45) is 1.42. The highest BCUT2D eigenvalue weighted by atomic mass is 16.3. The van der Waals surface area contributed by atoms with Crippen LogP contribution in [0.1, 0.15) is 21.8 Å². The number of aromatic hydroxyl groups is 1. The highest BCUT2D eigenvalue weighted by Gasteiger charge is 2.33. The Labute approximate surface area is 155 Å². The topological polar surface area (TPSA) is 82.0 Å². The molecule has 0 fully saturated rings. The molecule has 0 aliphatic carbocycles. The number of carbonyl (C=O) groups is 2. The van der Waals surface area contributed by atoms with Crippen LogP contribution >= 0.6 is 0 Å². The Morgan fingerprint density at radius 1 is 1.11 bits per heavy atom. The number of rotatable bonds is 3. The molecule has 2 amide bonds. The van der Waals surface area contributed by atoms with Crippen LogP contribution in [-0.4, -0.2) is 30.2 Å². The molecule has 0 spiro atoms. The van der Waals surface area contributed by atoms with E-state index in [2.05, 4.69) is 10.5 Å². The summed E-state index contributed by atoms with van der Waals surface area (Å²) in [5.41, 5.74) is 4.20. The van der Waals surface area contributed by atoms with E-state index >= 15 is 0 Å². The van der Waals surface area contributed by atoms with E-state index in [1.165, 1.54) is 6.21 Å². The Morgan fingerprint density at radius 2 is 1.78 bits per heavy atom. The SMILES string of the molecule is CN1C(=O)C(/C=N/NC(=O)c2cc3ccccc3cc2O)c2ccccc21. The molecule has 0 bridgehead atoms. The number of hydrazone groups is 1. The number of benzene rings is 3. The van der Waals surface area contributed by atoms with Gasteiger partial charge in [0.1, 0.15) is 11.7 Å². The van der Waals surface area contributed by atoms with Gasteiger partial charge in [0.05, 0.1) is 5.56 Å². The molecule has 27 heavy (non-hydrogen) atoms. The Bertz CT molecular complexity index is 1090. The minimum absolute atomic E-state index is 0.109. The summed E-state index contributed by atoms with van der Waals surface area (Å²) in [6, 6.07) is 18.0. The first-order valence-corrected chi connectivity index (χ1v) is 8.48. The molecule has 0 saturated heterocycles. The molecule has 1 aliphatic heterocycles. The molecule has 1 atom stereocenters. The number of hydrogen-bond donors (Lipinski definition) is 2. The van der Waals surface area contributed by atoms with Gasteiger partial charge < -0.3 is 10.0 Å². The first-order chi connectivity index (χ1) is 13.1. The summed E-state index contributed by atoms with van der Waals surface area (Å²) in [4.78, 5) is 26.4. The van der Waals surface area contributed by atoms with Crippen LogP contribution in [0.5, 0.6) is 5.75 Å². The maximum atomic E-state index is 12.4. The number of nitrogens with zero attached hydrogens (tertiary/aromatic N) is 2. The van der Waals surface area contributed by atoms with Gasteiger partial charge >= 0.3 is 0 Å². The van der Waals surface area contributed by atoms with Crippen molar-refractivity contribution in [1.82, 2.24) is 5.43 Å². The van der Waals surface area contributed by atoms with Gasteiger partial charge in [-0.3, -0.25) is 9.59 Å². The zero-order valence-corrected chi connectivity index (χ0v) is 14.6. The van der Waals surface area contributed by atoms with Crippen molar-refractivity contribution in [2.75, 3.05) is 11.9 Å². The predicted molar refractivity (Wildman–Crippen MR) is 104 cm³/mol. The molecule has 6 heteroatoms. The molecule has 3 aromatic carbocycles. The number of para-hydroxylation sites is 1. The van der Waals surface area contributed by atoms with Crippen LogP contribution in [0.2, 0.25) is 0 Å². The van der Waals surface area contributed by atoms with Crippen molar-refractivity contribution in [1.29, 1.82) is 0 Å². The van der Waals surface area contributed by atoms with Crippen LogP contribution in [0, 0.1) is 0 Å². The van der Waals surface area contributed by atoms with Gasteiger partial charge in [-0.2, -0.15) is 5.10 Å². The van der Waals surface area contributed by atoms with Crippen LogP contribution in [0.25, 0.3) is 10.8 Å². The van der Waals surface area contributed by atoms with Gasteiger partial charge in [0, 0.05) is 18.9 Å². The molecular weight excluding hydrogens is 342 g/mol. The smallest absolute Gasteiger partial charge is 0.275 e. The number of fused-ring (bicyclic) bond motifs is 2. The minimum Gasteiger partial charge on any atom is -0.507 e. The summed E-state index contributed by atoms with van der Waals surface area (Å²) >= 11 is 0. The van der Waals surface area contributed by atoms with Crippen LogP contribution in [-0.2, 0) is 4.79 Å². The standard InChI is InChI=1S/C21H17N3O3/c1-24-18-9-5-4-8-15(18)17(21(24)27)12-22-23-20(26)16-10-13-6-2-3-7-14(13)11-19(16)25/h2-12,17,25H,1H3,(H,23,26)/b22-12+. The van der Waals surface area contributed by atoms with Crippen molar-refractivity contribution in [3.63, 3.8) is 0 Å². The van der Waals surface area contributed by atoms with Gasteiger partial charge in [-0.1, -0.05) is 42.5 Å². The van der Waals surface area contributed by atoms with Crippen LogP contribution < -0.4 is 10.3 Å². The number of anilines is 1. The van der Waals surface area contributed by atoms with E-state index < -0.39 is 11.8 Å². The van der Waals surface area contributed by atoms with E-state index in [0.29, 0.717) is 0 Å². The lowest BCUT2D eigenvalue weighted by Gasteiger charge is -2.09. The average molecular weight is 359 g/mol. The molecule has 3 aromatic rings. The van der Waals surface area contributed by atoms with E-state index in [-0.39, 0.29) is 17.2 Å². The minimum atomic E-state index is -0.545. The maximum Gasteiger partial charge on any atom is 0.275 e. The summed E-state index contributed by atoms with van der Waals surface area (Å²) < 4.78 is 0. The third-order valence-corrected chi connectivity index (χ3v) is 4.73. The largest absolute Gasteiger partial charge is 0.507 e. The first-order valence-electron chi connectivity index (χ1n) is 8.48. The van der Waals surface area contributed by atoms with E-state index in [4.69, 9.17) is 0 Å². The maximum absolute atomic E-state index is 12.4. The van der Waals surface area contributed by atoms with Gasteiger partial charge in [-0.05, 0) is 34.5 Å². The molecule has 0 aromatic heterocycles. The third-order valence-electron chi connectivity index (χ3n) is 4.73. The second-order valence-corrected chi connectivity index (χ2v) is 6.37. The molecule has 1 unspecified atom stereocenters. The van der Waals surface area contributed by atoms with Crippen molar-refractivity contribution in [3.05, 3.63) is 71.8 Å². The Morgan fingerprint density at radius 3 is 2.56 bits per heavy atom. The molecule has 0 saturated carbocycles. The number of likely N-dealkylation sites (N-methyl/N-ethyl adjacent to an activating group) is 1. The van der Waals surface area contributed by atoms with Crippen LogP contribution in [0.4, 0.5) is 5.69 Å². The van der Waals surface area contributed by atoms with Gasteiger partial charge in [0.2, 0.25) is 5.91 Å². The number of phenols is 1. The number of carbonyl (C=O) groups excluding carboxylic acids is 2. The van der Waals surface area contributed by atoms with Crippen molar-refractivity contribution in [2.45, 2.75) is 5.92 Å². The molecule has 0 radical (unpaired) electrons. The fourth-order valence-electron chi connectivity index (χ4n) is 3.30. The highest BCUT2D eigenvalue weighted by molar-refractivity contribution is 6.13. The quantitative estimate of drug-likeness (QED) is 0.557.